The SMILES string of the molecule is CCCNC(C#N)(CC)CCCN1CCOCC1C. The maximum absolute atomic E-state index is 9.45. The third-order valence-electron chi connectivity index (χ3n) is 4.09. The molecule has 0 bridgehead atoms. The molecule has 1 aliphatic rings. The van der Waals surface area contributed by atoms with Gasteiger partial charge in [-0.15, -0.1) is 0 Å². The summed E-state index contributed by atoms with van der Waals surface area (Å²) in [6.07, 6.45) is 3.96. The maximum atomic E-state index is 9.45. The van der Waals surface area contributed by atoms with Gasteiger partial charge in [0.25, 0.3) is 0 Å². The van der Waals surface area contributed by atoms with E-state index in [1.807, 2.05) is 0 Å². The monoisotopic (exact) mass is 267 g/mol. The van der Waals surface area contributed by atoms with E-state index in [0.717, 1.165) is 58.5 Å². The van der Waals surface area contributed by atoms with Gasteiger partial charge in [-0.05, 0) is 45.7 Å². The maximum Gasteiger partial charge on any atom is 0.106 e. The second kappa shape index (κ2) is 8.52. The molecular weight excluding hydrogens is 238 g/mol. The minimum absolute atomic E-state index is 0.328. The number of nitriles is 1. The van der Waals surface area contributed by atoms with Crippen molar-refractivity contribution in [3.05, 3.63) is 0 Å². The molecule has 1 N–H and O–H groups in total. The smallest absolute Gasteiger partial charge is 0.106 e. The Hall–Kier alpha value is -0.630. The topological polar surface area (TPSA) is 48.3 Å². The van der Waals surface area contributed by atoms with Crippen molar-refractivity contribution in [2.45, 2.75) is 58.0 Å². The molecule has 1 saturated heterocycles. The van der Waals surface area contributed by atoms with Gasteiger partial charge in [0.2, 0.25) is 0 Å². The molecule has 0 aromatic heterocycles. The van der Waals surface area contributed by atoms with Crippen molar-refractivity contribution in [1.29, 1.82) is 5.26 Å². The molecule has 0 amide bonds. The highest BCUT2D eigenvalue weighted by molar-refractivity contribution is 5.06. The van der Waals surface area contributed by atoms with Crippen LogP contribution in [-0.2, 0) is 4.74 Å². The van der Waals surface area contributed by atoms with E-state index in [2.05, 4.69) is 37.1 Å². The Morgan fingerprint density at radius 1 is 1.47 bits per heavy atom. The fraction of sp³-hybridized carbons (Fsp3) is 0.933. The third kappa shape index (κ3) is 5.10. The van der Waals surface area contributed by atoms with E-state index in [1.165, 1.54) is 0 Å². The molecule has 4 heteroatoms. The van der Waals surface area contributed by atoms with Crippen LogP contribution >= 0.6 is 0 Å². The highest BCUT2D eigenvalue weighted by Gasteiger charge is 2.27. The van der Waals surface area contributed by atoms with Crippen molar-refractivity contribution in [1.82, 2.24) is 10.2 Å². The van der Waals surface area contributed by atoms with Crippen LogP contribution in [0, 0.1) is 11.3 Å². The molecule has 0 aliphatic carbocycles. The van der Waals surface area contributed by atoms with Crippen LogP contribution in [0.2, 0.25) is 0 Å². The van der Waals surface area contributed by atoms with Crippen molar-refractivity contribution in [3.8, 4) is 6.07 Å². The first-order valence-corrected chi connectivity index (χ1v) is 7.65. The number of hydrogen-bond donors (Lipinski definition) is 1. The van der Waals surface area contributed by atoms with Gasteiger partial charge in [-0.25, -0.2) is 0 Å². The lowest BCUT2D eigenvalue weighted by Gasteiger charge is -2.34. The highest BCUT2D eigenvalue weighted by atomic mass is 16.5. The molecule has 110 valence electrons. The van der Waals surface area contributed by atoms with Gasteiger partial charge >= 0.3 is 0 Å². The van der Waals surface area contributed by atoms with Crippen LogP contribution in [0.5, 0.6) is 0 Å². The summed E-state index contributed by atoms with van der Waals surface area (Å²) in [6, 6.07) is 3.00. The molecule has 2 unspecified atom stereocenters. The number of nitrogens with one attached hydrogen (secondary N) is 1. The van der Waals surface area contributed by atoms with Crippen LogP contribution in [0.25, 0.3) is 0 Å². The molecule has 0 saturated carbocycles. The molecular formula is C15H29N3O. The second-order valence-electron chi connectivity index (χ2n) is 5.54. The van der Waals surface area contributed by atoms with Gasteiger partial charge in [0.15, 0.2) is 0 Å². The third-order valence-corrected chi connectivity index (χ3v) is 4.09. The van der Waals surface area contributed by atoms with Crippen LogP contribution < -0.4 is 5.32 Å². The minimum Gasteiger partial charge on any atom is -0.379 e. The molecule has 0 aromatic rings. The van der Waals surface area contributed by atoms with E-state index in [9.17, 15) is 5.26 Å². The predicted octanol–water partition coefficient (Wildman–Crippen LogP) is 2.16. The Morgan fingerprint density at radius 3 is 2.84 bits per heavy atom. The van der Waals surface area contributed by atoms with Gasteiger partial charge in [0.1, 0.15) is 5.54 Å². The van der Waals surface area contributed by atoms with Crippen LogP contribution in [0.3, 0.4) is 0 Å². The Labute approximate surface area is 118 Å². The summed E-state index contributed by atoms with van der Waals surface area (Å²) in [4.78, 5) is 2.47. The number of rotatable bonds is 8. The summed E-state index contributed by atoms with van der Waals surface area (Å²) in [5.74, 6) is 0. The summed E-state index contributed by atoms with van der Waals surface area (Å²) in [6.45, 7) is 11.2. The predicted molar refractivity (Wildman–Crippen MR) is 78.0 cm³/mol. The molecule has 1 aliphatic heterocycles. The Morgan fingerprint density at radius 2 is 2.26 bits per heavy atom. The molecule has 1 fully saturated rings. The first kappa shape index (κ1) is 16.4. The fourth-order valence-electron chi connectivity index (χ4n) is 2.61. The average Bonchev–Trinajstić information content (AvgIpc) is 2.45. The Bertz CT molecular complexity index is 290. The van der Waals surface area contributed by atoms with Crippen LogP contribution in [0.4, 0.5) is 0 Å². The molecule has 2 atom stereocenters. The van der Waals surface area contributed by atoms with Crippen molar-refractivity contribution in [2.75, 3.05) is 32.8 Å². The van der Waals surface area contributed by atoms with Crippen molar-refractivity contribution >= 4 is 0 Å². The number of ether oxygens (including phenoxy) is 1. The zero-order valence-electron chi connectivity index (χ0n) is 12.7. The first-order chi connectivity index (χ1) is 9.17. The summed E-state index contributed by atoms with van der Waals surface area (Å²) in [7, 11) is 0. The highest BCUT2D eigenvalue weighted by Crippen LogP contribution is 2.18. The van der Waals surface area contributed by atoms with Crippen molar-refractivity contribution in [3.63, 3.8) is 0 Å². The second-order valence-corrected chi connectivity index (χ2v) is 5.54. The molecule has 19 heavy (non-hydrogen) atoms. The van der Waals surface area contributed by atoms with E-state index in [1.54, 1.807) is 0 Å². The molecule has 4 nitrogen and oxygen atoms in total. The summed E-state index contributed by atoms with van der Waals surface area (Å²) in [5.41, 5.74) is -0.328. The normalized spacial score (nSPS) is 23.8. The fourth-order valence-corrected chi connectivity index (χ4v) is 2.61. The Balaban J connectivity index is 2.37. The average molecular weight is 267 g/mol. The van der Waals surface area contributed by atoms with E-state index in [4.69, 9.17) is 4.74 Å². The zero-order valence-corrected chi connectivity index (χ0v) is 12.7. The molecule has 0 aromatic carbocycles. The molecule has 1 heterocycles. The number of morpholine rings is 1. The zero-order chi connectivity index (χ0) is 14.1. The van der Waals surface area contributed by atoms with E-state index >= 15 is 0 Å². The lowest BCUT2D eigenvalue weighted by Crippen LogP contribution is -2.46. The summed E-state index contributed by atoms with van der Waals surface area (Å²) in [5, 5.41) is 12.9. The minimum atomic E-state index is -0.328. The van der Waals surface area contributed by atoms with Gasteiger partial charge in [-0.1, -0.05) is 13.8 Å². The number of hydrogen-bond acceptors (Lipinski definition) is 4. The lowest BCUT2D eigenvalue weighted by atomic mass is 9.91. The van der Waals surface area contributed by atoms with Gasteiger partial charge in [-0.3, -0.25) is 10.2 Å². The van der Waals surface area contributed by atoms with Gasteiger partial charge in [0, 0.05) is 12.6 Å². The van der Waals surface area contributed by atoms with Gasteiger partial charge in [0.05, 0.1) is 19.3 Å². The molecule has 0 radical (unpaired) electrons. The van der Waals surface area contributed by atoms with Crippen molar-refractivity contribution < 1.29 is 4.74 Å². The van der Waals surface area contributed by atoms with E-state index < -0.39 is 0 Å². The molecule has 0 spiro atoms. The van der Waals surface area contributed by atoms with Crippen molar-refractivity contribution in [2.24, 2.45) is 0 Å². The van der Waals surface area contributed by atoms with E-state index in [-0.39, 0.29) is 5.54 Å². The van der Waals surface area contributed by atoms with Gasteiger partial charge < -0.3 is 4.74 Å². The van der Waals surface area contributed by atoms with Crippen LogP contribution in [0.1, 0.15) is 46.5 Å². The van der Waals surface area contributed by atoms with Crippen LogP contribution in [0.15, 0.2) is 0 Å². The lowest BCUT2D eigenvalue weighted by molar-refractivity contribution is -0.00145. The summed E-state index contributed by atoms with van der Waals surface area (Å²) < 4.78 is 5.45. The first-order valence-electron chi connectivity index (χ1n) is 7.65. The van der Waals surface area contributed by atoms with Crippen LogP contribution in [-0.4, -0.2) is 49.3 Å². The quantitative estimate of drug-likeness (QED) is 0.732. The largest absolute Gasteiger partial charge is 0.379 e. The Kier molecular flexibility index (Phi) is 7.37. The van der Waals surface area contributed by atoms with E-state index in [0.29, 0.717) is 6.04 Å². The summed E-state index contributed by atoms with van der Waals surface area (Å²) >= 11 is 0. The molecule has 1 rings (SSSR count). The van der Waals surface area contributed by atoms with Gasteiger partial charge in [-0.2, -0.15) is 5.26 Å². The standard InChI is InChI=1S/C15H29N3O/c1-4-8-17-15(5-2,13-16)7-6-9-18-10-11-19-12-14(18)3/h14,17H,4-12H2,1-3H3. The number of nitrogens with zero attached hydrogens (tertiary/aromatic N) is 2.